The third-order valence-corrected chi connectivity index (χ3v) is 7.19. The van der Waals surface area contributed by atoms with E-state index in [0.717, 1.165) is 6.42 Å². The van der Waals surface area contributed by atoms with E-state index in [1.165, 1.54) is 135 Å². The fraction of sp³-hybridized carbons (Fsp3) is 1.00. The van der Waals surface area contributed by atoms with Gasteiger partial charge in [-0.05, 0) is 46.8 Å². The zero-order chi connectivity index (χ0) is 22.3. The quantitative estimate of drug-likeness (QED) is 0.108. The lowest BCUT2D eigenvalue weighted by molar-refractivity contribution is 0.180. The molecular formula is C27H56BrNO. The van der Waals surface area contributed by atoms with Crippen molar-refractivity contribution in [1.29, 1.82) is 0 Å². The molecule has 30 heavy (non-hydrogen) atoms. The molecule has 3 heteroatoms. The second-order valence-corrected chi connectivity index (χ2v) is 11.3. The summed E-state index contributed by atoms with van der Waals surface area (Å²) in [5, 5.41) is 9.23. The Morgan fingerprint density at radius 2 is 0.833 bits per heavy atom. The van der Waals surface area contributed by atoms with Gasteiger partial charge < -0.3 is 10.0 Å². The fourth-order valence-corrected chi connectivity index (χ4v) is 4.71. The van der Waals surface area contributed by atoms with Gasteiger partial charge in [0.1, 0.15) is 0 Å². The molecule has 0 heterocycles. The number of aliphatic hydroxyl groups excluding tert-OH is 1. The average molecular weight is 491 g/mol. The van der Waals surface area contributed by atoms with E-state index in [4.69, 9.17) is 0 Å². The minimum Gasteiger partial charge on any atom is -0.393 e. The molecule has 0 saturated heterocycles. The largest absolute Gasteiger partial charge is 0.393 e. The number of aliphatic hydroxyl groups is 1. The van der Waals surface area contributed by atoms with Crippen LogP contribution in [0.1, 0.15) is 142 Å². The fourth-order valence-electron chi connectivity index (χ4n) is 4.18. The zero-order valence-electron chi connectivity index (χ0n) is 21.0. The lowest BCUT2D eigenvalue weighted by Crippen LogP contribution is -2.16. The van der Waals surface area contributed by atoms with Crippen molar-refractivity contribution in [1.82, 2.24) is 4.90 Å². The van der Waals surface area contributed by atoms with Gasteiger partial charge in [-0.25, -0.2) is 0 Å². The van der Waals surface area contributed by atoms with Crippen LogP contribution >= 0.6 is 15.9 Å². The zero-order valence-corrected chi connectivity index (χ0v) is 22.6. The molecular weight excluding hydrogens is 434 g/mol. The van der Waals surface area contributed by atoms with Crippen LogP contribution in [0.15, 0.2) is 0 Å². The highest BCUT2D eigenvalue weighted by molar-refractivity contribution is 9.09. The second-order valence-electron chi connectivity index (χ2n) is 9.98. The van der Waals surface area contributed by atoms with Crippen LogP contribution in [0.3, 0.4) is 0 Å². The van der Waals surface area contributed by atoms with Crippen molar-refractivity contribution in [3.63, 3.8) is 0 Å². The first-order chi connectivity index (χ1) is 14.5. The Kier molecular flexibility index (Phi) is 24.4. The highest BCUT2D eigenvalue weighted by atomic mass is 79.9. The van der Waals surface area contributed by atoms with Gasteiger partial charge in [0.05, 0.1) is 6.10 Å². The molecule has 0 saturated carbocycles. The summed E-state index contributed by atoms with van der Waals surface area (Å²) in [5.41, 5.74) is 0. The minimum atomic E-state index is -0.106. The number of alkyl halides is 1. The first kappa shape index (κ1) is 30.4. The Labute approximate surface area is 199 Å². The van der Waals surface area contributed by atoms with Crippen molar-refractivity contribution in [3.8, 4) is 0 Å². The number of unbranched alkanes of at least 4 members (excludes halogenated alkanes) is 17. The van der Waals surface area contributed by atoms with Crippen molar-refractivity contribution in [2.75, 3.05) is 20.6 Å². The molecule has 1 N–H and O–H groups in total. The molecule has 0 radical (unpaired) electrons. The maximum atomic E-state index is 9.23. The summed E-state index contributed by atoms with van der Waals surface area (Å²) in [6, 6.07) is 0. The molecule has 0 amide bonds. The van der Waals surface area contributed by atoms with Gasteiger partial charge >= 0.3 is 0 Å². The molecule has 0 aromatic carbocycles. The molecule has 2 unspecified atom stereocenters. The maximum absolute atomic E-state index is 9.23. The summed E-state index contributed by atoms with van der Waals surface area (Å²) in [6.45, 7) is 3.10. The summed E-state index contributed by atoms with van der Waals surface area (Å²) < 4.78 is 0. The van der Waals surface area contributed by atoms with Gasteiger partial charge in [-0.2, -0.15) is 0 Å². The molecule has 0 aliphatic heterocycles. The van der Waals surface area contributed by atoms with E-state index in [2.05, 4.69) is 34.9 Å². The number of nitrogens with zero attached hydrogens (tertiary/aromatic N) is 1. The maximum Gasteiger partial charge on any atom is 0.0512 e. The van der Waals surface area contributed by atoms with Gasteiger partial charge in [-0.15, -0.1) is 0 Å². The predicted molar refractivity (Wildman–Crippen MR) is 140 cm³/mol. The Bertz CT molecular complexity index is 322. The van der Waals surface area contributed by atoms with E-state index >= 15 is 0 Å². The van der Waals surface area contributed by atoms with Crippen LogP contribution in [0, 0.1) is 0 Å². The molecule has 0 aromatic rings. The molecule has 0 aromatic heterocycles. The summed E-state index contributed by atoms with van der Waals surface area (Å²) in [6.07, 6.45) is 28.9. The SMILES string of the molecule is CC(O)CCCCCCCCCCCCCCCCCCCCC(Br)CCN(C)C. The molecule has 0 aliphatic carbocycles. The average Bonchev–Trinajstić information content (AvgIpc) is 2.70. The highest BCUT2D eigenvalue weighted by Gasteiger charge is 2.04. The molecule has 2 atom stereocenters. The van der Waals surface area contributed by atoms with Crippen LogP contribution in [-0.4, -0.2) is 41.6 Å². The van der Waals surface area contributed by atoms with Gasteiger partial charge in [-0.1, -0.05) is 132 Å². The molecule has 182 valence electrons. The third-order valence-electron chi connectivity index (χ3n) is 6.28. The standard InChI is InChI=1S/C27H56BrNO/c1-26(30)22-20-18-16-14-12-10-8-6-4-5-7-9-11-13-15-17-19-21-23-27(28)24-25-29(2)3/h26-27,30H,4-25H2,1-3H3. The van der Waals surface area contributed by atoms with Crippen molar-refractivity contribution in [2.45, 2.75) is 153 Å². The topological polar surface area (TPSA) is 23.5 Å². The van der Waals surface area contributed by atoms with Gasteiger partial charge in [-0.3, -0.25) is 0 Å². The molecule has 0 spiro atoms. The number of rotatable bonds is 24. The first-order valence-corrected chi connectivity index (χ1v) is 14.4. The van der Waals surface area contributed by atoms with Crippen LogP contribution in [0.4, 0.5) is 0 Å². The van der Waals surface area contributed by atoms with Gasteiger partial charge in [0.25, 0.3) is 0 Å². The van der Waals surface area contributed by atoms with E-state index in [-0.39, 0.29) is 6.10 Å². The molecule has 0 rings (SSSR count). The Balaban J connectivity index is 3.08. The summed E-state index contributed by atoms with van der Waals surface area (Å²) in [4.78, 5) is 2.99. The first-order valence-electron chi connectivity index (χ1n) is 13.5. The lowest BCUT2D eigenvalue weighted by Gasteiger charge is -2.13. The van der Waals surface area contributed by atoms with E-state index < -0.39 is 0 Å². The van der Waals surface area contributed by atoms with Crippen LogP contribution in [-0.2, 0) is 0 Å². The number of hydrogen-bond donors (Lipinski definition) is 1. The van der Waals surface area contributed by atoms with Crippen molar-refractivity contribution >= 4 is 15.9 Å². The molecule has 0 fully saturated rings. The molecule has 0 aliphatic rings. The van der Waals surface area contributed by atoms with Gasteiger partial charge in [0.15, 0.2) is 0 Å². The second kappa shape index (κ2) is 24.1. The minimum absolute atomic E-state index is 0.106. The van der Waals surface area contributed by atoms with Crippen LogP contribution in [0.25, 0.3) is 0 Å². The van der Waals surface area contributed by atoms with Crippen molar-refractivity contribution in [2.24, 2.45) is 0 Å². The van der Waals surface area contributed by atoms with Crippen molar-refractivity contribution in [3.05, 3.63) is 0 Å². The third kappa shape index (κ3) is 26.4. The number of halogens is 1. The monoisotopic (exact) mass is 489 g/mol. The molecule has 2 nitrogen and oxygen atoms in total. The normalized spacial score (nSPS) is 13.8. The Morgan fingerprint density at radius 1 is 0.533 bits per heavy atom. The summed E-state index contributed by atoms with van der Waals surface area (Å²) in [5.74, 6) is 0. The van der Waals surface area contributed by atoms with E-state index in [1.807, 2.05) is 6.92 Å². The highest BCUT2D eigenvalue weighted by Crippen LogP contribution is 2.17. The van der Waals surface area contributed by atoms with E-state index in [9.17, 15) is 5.11 Å². The van der Waals surface area contributed by atoms with Crippen LogP contribution < -0.4 is 0 Å². The van der Waals surface area contributed by atoms with E-state index in [0.29, 0.717) is 4.83 Å². The van der Waals surface area contributed by atoms with Gasteiger partial charge in [0.2, 0.25) is 0 Å². The van der Waals surface area contributed by atoms with Gasteiger partial charge in [0, 0.05) is 4.83 Å². The number of hydrogen-bond acceptors (Lipinski definition) is 2. The van der Waals surface area contributed by atoms with Crippen molar-refractivity contribution < 1.29 is 5.11 Å². The van der Waals surface area contributed by atoms with E-state index in [1.54, 1.807) is 0 Å². The van der Waals surface area contributed by atoms with Crippen LogP contribution in [0.2, 0.25) is 0 Å². The summed E-state index contributed by atoms with van der Waals surface area (Å²) >= 11 is 3.83. The molecule has 0 bridgehead atoms. The lowest BCUT2D eigenvalue weighted by atomic mass is 10.0. The predicted octanol–water partition coefficient (Wildman–Crippen LogP) is 8.88. The van der Waals surface area contributed by atoms with Crippen LogP contribution in [0.5, 0.6) is 0 Å². The smallest absolute Gasteiger partial charge is 0.0512 e. The Morgan fingerprint density at radius 3 is 1.13 bits per heavy atom. The summed E-state index contributed by atoms with van der Waals surface area (Å²) in [7, 11) is 4.32. The Hall–Kier alpha value is 0.400.